The third-order valence-corrected chi connectivity index (χ3v) is 9.01. The van der Waals surface area contributed by atoms with Crippen molar-refractivity contribution in [3.63, 3.8) is 0 Å². The van der Waals surface area contributed by atoms with Crippen molar-refractivity contribution in [2.45, 2.75) is 62.4 Å². The zero-order valence-electron chi connectivity index (χ0n) is 24.9. The Bertz CT molecular complexity index is 1190. The van der Waals surface area contributed by atoms with Crippen LogP contribution in [0.5, 0.6) is 0 Å². The minimum atomic E-state index is -1.14. The molecule has 0 aromatic heterocycles. The normalized spacial score (nSPS) is 13.6. The number of nitrogens with two attached hydrogens (primary N) is 2. The van der Waals surface area contributed by atoms with E-state index in [0.717, 1.165) is 23.1 Å². The van der Waals surface area contributed by atoms with Crippen LogP contribution >= 0.6 is 11.8 Å². The number of rotatable bonds is 17. The summed E-state index contributed by atoms with van der Waals surface area (Å²) in [5.41, 5.74) is 14.8. The van der Waals surface area contributed by atoms with Crippen molar-refractivity contribution in [1.29, 1.82) is 0 Å². The van der Waals surface area contributed by atoms with E-state index in [1.807, 2.05) is 54.6 Å². The molecule has 0 heterocycles. The number of carboxylic acids is 1. The summed E-state index contributed by atoms with van der Waals surface area (Å²) in [5, 5.41) is 15.5. The van der Waals surface area contributed by atoms with E-state index in [9.17, 15) is 19.5 Å². The number of thioether (sulfide) groups is 1. The van der Waals surface area contributed by atoms with E-state index in [1.54, 1.807) is 25.6 Å². The third kappa shape index (κ3) is 9.16. The highest BCUT2D eigenvalue weighted by Gasteiger charge is 2.37. The van der Waals surface area contributed by atoms with Gasteiger partial charge in [0.05, 0.1) is 10.8 Å². The summed E-state index contributed by atoms with van der Waals surface area (Å²) in [5.74, 6) is -1.96. The molecule has 0 aliphatic carbocycles. The first-order chi connectivity index (χ1) is 20.7. The molecule has 3 aromatic carbocycles. The summed E-state index contributed by atoms with van der Waals surface area (Å²) in [6.07, 6.45) is 2.10. The fourth-order valence-corrected chi connectivity index (χ4v) is 6.62. The lowest BCUT2D eigenvalue weighted by molar-refractivity contribution is -0.142. The second kappa shape index (κ2) is 16.8. The SMILES string of the molecule is CC(C)[C@H](NC(=O)[C@@H](N)CCCCN)C(=O)N[C@@H](CCSC(c1ccccc1)(c1ccccc1)c1ccccc1)C(=O)O. The molecule has 230 valence electrons. The van der Waals surface area contributed by atoms with Gasteiger partial charge in [0.25, 0.3) is 0 Å². The van der Waals surface area contributed by atoms with Gasteiger partial charge in [-0.15, -0.1) is 11.8 Å². The maximum absolute atomic E-state index is 13.3. The molecule has 0 radical (unpaired) electrons. The van der Waals surface area contributed by atoms with Gasteiger partial charge in [0.1, 0.15) is 12.1 Å². The van der Waals surface area contributed by atoms with E-state index < -0.39 is 40.7 Å². The molecule has 2 amide bonds. The van der Waals surface area contributed by atoms with Crippen LogP contribution in [0.2, 0.25) is 0 Å². The molecule has 0 bridgehead atoms. The van der Waals surface area contributed by atoms with Crippen LogP contribution in [0.4, 0.5) is 0 Å². The lowest BCUT2D eigenvalue weighted by Crippen LogP contribution is -2.56. The molecule has 0 saturated heterocycles. The molecule has 0 unspecified atom stereocenters. The summed E-state index contributed by atoms with van der Waals surface area (Å²) in [4.78, 5) is 38.3. The maximum atomic E-state index is 13.3. The van der Waals surface area contributed by atoms with Gasteiger partial charge in [0.15, 0.2) is 0 Å². The molecule has 43 heavy (non-hydrogen) atoms. The largest absolute Gasteiger partial charge is 0.480 e. The van der Waals surface area contributed by atoms with E-state index in [4.69, 9.17) is 11.5 Å². The van der Waals surface area contributed by atoms with Gasteiger partial charge in [-0.25, -0.2) is 4.79 Å². The molecule has 9 heteroatoms. The molecule has 0 aliphatic heterocycles. The minimum Gasteiger partial charge on any atom is -0.480 e. The highest BCUT2D eigenvalue weighted by Crippen LogP contribution is 2.48. The van der Waals surface area contributed by atoms with Gasteiger partial charge in [-0.05, 0) is 54.2 Å². The Hall–Kier alpha value is -3.66. The second-order valence-electron chi connectivity index (χ2n) is 10.9. The monoisotopic (exact) mass is 604 g/mol. The first-order valence-electron chi connectivity index (χ1n) is 14.8. The quantitative estimate of drug-likeness (QED) is 0.114. The van der Waals surface area contributed by atoms with Crippen molar-refractivity contribution < 1.29 is 19.5 Å². The van der Waals surface area contributed by atoms with Crippen molar-refractivity contribution in [2.75, 3.05) is 12.3 Å². The van der Waals surface area contributed by atoms with Crippen LogP contribution in [0.3, 0.4) is 0 Å². The first-order valence-corrected chi connectivity index (χ1v) is 15.8. The van der Waals surface area contributed by atoms with Crippen molar-refractivity contribution >= 4 is 29.5 Å². The maximum Gasteiger partial charge on any atom is 0.326 e. The van der Waals surface area contributed by atoms with Crippen molar-refractivity contribution in [3.05, 3.63) is 108 Å². The summed E-state index contributed by atoms with van der Waals surface area (Å²) >= 11 is 1.63. The molecular formula is C34H44N4O4S. The first kappa shape index (κ1) is 33.8. The summed E-state index contributed by atoms with van der Waals surface area (Å²) in [6.45, 7) is 4.11. The predicted molar refractivity (Wildman–Crippen MR) is 173 cm³/mol. The van der Waals surface area contributed by atoms with Gasteiger partial charge >= 0.3 is 5.97 Å². The van der Waals surface area contributed by atoms with Crippen molar-refractivity contribution in [3.8, 4) is 0 Å². The van der Waals surface area contributed by atoms with E-state index in [1.165, 1.54) is 0 Å². The summed E-state index contributed by atoms with van der Waals surface area (Å²) < 4.78 is -0.606. The Morgan fingerprint density at radius 2 is 1.26 bits per heavy atom. The van der Waals surface area contributed by atoms with Gasteiger partial charge in [0, 0.05) is 0 Å². The van der Waals surface area contributed by atoms with Gasteiger partial charge in [0.2, 0.25) is 11.8 Å². The van der Waals surface area contributed by atoms with E-state index in [2.05, 4.69) is 47.0 Å². The Morgan fingerprint density at radius 1 is 0.767 bits per heavy atom. The fraction of sp³-hybridized carbons (Fsp3) is 0.382. The van der Waals surface area contributed by atoms with Crippen molar-refractivity contribution in [1.82, 2.24) is 10.6 Å². The van der Waals surface area contributed by atoms with E-state index in [-0.39, 0.29) is 12.3 Å². The number of carboxylic acid groups (broad SMARTS) is 1. The molecule has 3 aromatic rings. The van der Waals surface area contributed by atoms with Crippen LogP contribution in [0.1, 0.15) is 56.2 Å². The molecule has 7 N–H and O–H groups in total. The number of carbonyl (C=O) groups is 3. The Labute approximate surface area is 259 Å². The van der Waals surface area contributed by atoms with Crippen molar-refractivity contribution in [2.24, 2.45) is 17.4 Å². The van der Waals surface area contributed by atoms with Gasteiger partial charge in [-0.1, -0.05) is 111 Å². The zero-order chi connectivity index (χ0) is 31.2. The highest BCUT2D eigenvalue weighted by atomic mass is 32.2. The lowest BCUT2D eigenvalue weighted by Gasteiger charge is -2.36. The number of carbonyl (C=O) groups excluding carboxylic acids is 2. The van der Waals surface area contributed by atoms with Crippen LogP contribution in [0, 0.1) is 5.92 Å². The molecule has 0 aliphatic rings. The Balaban J connectivity index is 1.80. The smallest absolute Gasteiger partial charge is 0.326 e. The zero-order valence-corrected chi connectivity index (χ0v) is 25.8. The van der Waals surface area contributed by atoms with Gasteiger partial charge < -0.3 is 27.2 Å². The predicted octanol–water partition coefficient (Wildman–Crippen LogP) is 4.27. The number of hydrogen-bond donors (Lipinski definition) is 5. The number of amides is 2. The summed E-state index contributed by atoms with van der Waals surface area (Å²) in [7, 11) is 0. The molecule has 0 spiro atoms. The van der Waals surface area contributed by atoms with Crippen LogP contribution in [-0.4, -0.2) is 53.3 Å². The standard InChI is InChI=1S/C34H44N4O4S/c1-24(2)30(38-31(39)28(36)20-12-13-22-35)32(40)37-29(33(41)42)21-23-43-34(25-14-6-3-7-15-25,26-16-8-4-9-17-26)27-18-10-5-11-19-27/h3-11,14-19,24,28-30H,12-13,20-23,35-36H2,1-2H3,(H,37,40)(H,38,39)(H,41,42)/t28-,29-,30-/m0/s1. The lowest BCUT2D eigenvalue weighted by atomic mass is 9.84. The van der Waals surface area contributed by atoms with Crippen LogP contribution < -0.4 is 22.1 Å². The fourth-order valence-electron chi connectivity index (χ4n) is 5.05. The number of unbranched alkanes of at least 4 members (excludes halogenated alkanes) is 1. The number of benzene rings is 3. The molecule has 0 fully saturated rings. The number of aliphatic carboxylic acids is 1. The Kier molecular flexibility index (Phi) is 13.3. The average Bonchev–Trinajstić information content (AvgIpc) is 3.02. The molecule has 0 saturated carbocycles. The highest BCUT2D eigenvalue weighted by molar-refractivity contribution is 8.00. The van der Waals surface area contributed by atoms with Crippen LogP contribution in [0.25, 0.3) is 0 Å². The minimum absolute atomic E-state index is 0.178. The molecule has 8 nitrogen and oxygen atoms in total. The summed E-state index contributed by atoms with van der Waals surface area (Å²) in [6, 6.07) is 27.6. The number of nitrogens with one attached hydrogen (secondary N) is 2. The second-order valence-corrected chi connectivity index (χ2v) is 12.2. The van der Waals surface area contributed by atoms with Gasteiger partial charge in [-0.2, -0.15) is 0 Å². The number of hydrogen-bond acceptors (Lipinski definition) is 6. The van der Waals surface area contributed by atoms with E-state index >= 15 is 0 Å². The molecule has 3 atom stereocenters. The molecular weight excluding hydrogens is 560 g/mol. The van der Waals surface area contributed by atoms with Gasteiger partial charge in [-0.3, -0.25) is 9.59 Å². The van der Waals surface area contributed by atoms with E-state index in [0.29, 0.717) is 25.1 Å². The third-order valence-electron chi connectivity index (χ3n) is 7.43. The Morgan fingerprint density at radius 3 is 1.67 bits per heavy atom. The average molecular weight is 605 g/mol. The molecule has 3 rings (SSSR count). The van der Waals surface area contributed by atoms with Crippen LogP contribution in [-0.2, 0) is 19.1 Å². The van der Waals surface area contributed by atoms with Crippen LogP contribution in [0.15, 0.2) is 91.0 Å². The topological polar surface area (TPSA) is 148 Å².